The van der Waals surface area contributed by atoms with Crippen molar-refractivity contribution >= 4 is 26.1 Å². The van der Waals surface area contributed by atoms with Crippen molar-refractivity contribution in [2.75, 3.05) is 34.4 Å². The number of hydrogen-bond acceptors (Lipinski definition) is 11. The van der Waals surface area contributed by atoms with Crippen LogP contribution in [0.3, 0.4) is 0 Å². The van der Waals surface area contributed by atoms with Gasteiger partial charge in [-0.15, -0.1) is 0 Å². The molecule has 0 aliphatic carbocycles. The topological polar surface area (TPSA) is 128 Å². The molecule has 12 heteroatoms. The van der Waals surface area contributed by atoms with E-state index in [1.807, 2.05) is 12.1 Å². The Kier molecular flexibility index (Phi) is 15.5. The Labute approximate surface area is 291 Å². The van der Waals surface area contributed by atoms with Crippen molar-refractivity contribution < 1.29 is 52.6 Å². The van der Waals surface area contributed by atoms with Gasteiger partial charge in [0.15, 0.2) is 19.4 Å². The standard InChI is InChI=1S/C37H52O11Si/c1-26(38)14-12-18-30(46-35(39)27-15-10-9-11-16-27)34-31(47-37(2,3)48-34)19-13-17-28-22-29(44-24-41-4)23-32(45-25-42-5)33(28)36(40)43-20-21-49(6,7)8/h9-13,15-18,22-23,26,30-31,34,38H,14,19-21,24-25H2,1-8H3/b17-13+,18-12-/t26-,30?,31?,34?/m1/s1. The van der Waals surface area contributed by atoms with Gasteiger partial charge < -0.3 is 43.0 Å². The van der Waals surface area contributed by atoms with Crippen LogP contribution in [0.1, 0.15) is 59.9 Å². The highest BCUT2D eigenvalue weighted by Crippen LogP contribution is 2.35. The third-order valence-electron chi connectivity index (χ3n) is 7.34. The largest absolute Gasteiger partial charge is 0.467 e. The highest BCUT2D eigenvalue weighted by molar-refractivity contribution is 6.76. The molecule has 1 aliphatic heterocycles. The zero-order chi connectivity index (χ0) is 36.0. The molecule has 4 atom stereocenters. The van der Waals surface area contributed by atoms with Crippen LogP contribution in [-0.2, 0) is 28.4 Å². The van der Waals surface area contributed by atoms with E-state index in [0.29, 0.717) is 36.3 Å². The average molecular weight is 701 g/mol. The molecule has 0 saturated carbocycles. The molecule has 0 bridgehead atoms. The molecule has 0 spiro atoms. The Morgan fingerprint density at radius 2 is 1.67 bits per heavy atom. The van der Waals surface area contributed by atoms with Gasteiger partial charge in [-0.3, -0.25) is 0 Å². The number of carbonyl (C=O) groups is 2. The fourth-order valence-electron chi connectivity index (χ4n) is 4.97. The normalized spacial score (nSPS) is 18.8. The van der Waals surface area contributed by atoms with Crippen LogP contribution in [0.25, 0.3) is 6.08 Å². The van der Waals surface area contributed by atoms with Crippen molar-refractivity contribution in [3.8, 4) is 11.5 Å². The molecule has 1 saturated heterocycles. The Hall–Kier alpha value is -3.52. The van der Waals surface area contributed by atoms with Crippen LogP contribution < -0.4 is 9.47 Å². The fourth-order valence-corrected chi connectivity index (χ4v) is 5.69. The summed E-state index contributed by atoms with van der Waals surface area (Å²) in [5.41, 5.74) is 1.12. The molecule has 0 radical (unpaired) electrons. The van der Waals surface area contributed by atoms with Gasteiger partial charge in [-0.05, 0) is 69.5 Å². The predicted molar refractivity (Wildman–Crippen MR) is 188 cm³/mol. The second kappa shape index (κ2) is 19.0. The summed E-state index contributed by atoms with van der Waals surface area (Å²) in [7, 11) is 1.55. The van der Waals surface area contributed by atoms with Crippen molar-refractivity contribution in [3.05, 3.63) is 77.4 Å². The number of hydrogen-bond donors (Lipinski definition) is 1. The smallest absolute Gasteiger partial charge is 0.342 e. The highest BCUT2D eigenvalue weighted by atomic mass is 28.3. The van der Waals surface area contributed by atoms with E-state index in [1.165, 1.54) is 14.2 Å². The first kappa shape index (κ1) is 39.9. The Balaban J connectivity index is 1.95. The molecule has 1 heterocycles. The number of esters is 2. The summed E-state index contributed by atoms with van der Waals surface area (Å²) in [5.74, 6) is -1.36. The maximum Gasteiger partial charge on any atom is 0.342 e. The molecule has 1 fully saturated rings. The van der Waals surface area contributed by atoms with Crippen LogP contribution in [0, 0.1) is 0 Å². The molecule has 49 heavy (non-hydrogen) atoms. The van der Waals surface area contributed by atoms with Crippen LogP contribution in [0.4, 0.5) is 0 Å². The number of methoxy groups -OCH3 is 2. The number of ether oxygens (including phenoxy) is 8. The van der Waals surface area contributed by atoms with Gasteiger partial charge in [0.05, 0.1) is 24.4 Å². The minimum Gasteiger partial charge on any atom is -0.467 e. The SMILES string of the molecule is COCOc1cc(/C=C/CC2OC(C)(C)OC2C(/C=C\C[C@@H](C)O)OC(=O)c2ccccc2)c(C(=O)OCC[Si](C)(C)C)c(OCOC)c1. The average Bonchev–Trinajstić information content (AvgIpc) is 3.35. The molecule has 1 aliphatic rings. The number of benzene rings is 2. The summed E-state index contributed by atoms with van der Waals surface area (Å²) in [5, 5.41) is 9.84. The van der Waals surface area contributed by atoms with Gasteiger partial charge in [-0.2, -0.15) is 0 Å². The van der Waals surface area contributed by atoms with E-state index in [-0.39, 0.29) is 24.9 Å². The molecule has 0 amide bonds. The summed E-state index contributed by atoms with van der Waals surface area (Å²) in [4.78, 5) is 26.7. The second-order valence-corrected chi connectivity index (χ2v) is 19.1. The second-order valence-electron chi connectivity index (χ2n) is 13.5. The van der Waals surface area contributed by atoms with Gasteiger partial charge in [0, 0.05) is 28.4 Å². The monoisotopic (exact) mass is 700 g/mol. The zero-order valence-corrected chi connectivity index (χ0v) is 30.9. The van der Waals surface area contributed by atoms with Gasteiger partial charge in [0.2, 0.25) is 0 Å². The van der Waals surface area contributed by atoms with E-state index in [4.69, 9.17) is 37.9 Å². The molecule has 11 nitrogen and oxygen atoms in total. The lowest BCUT2D eigenvalue weighted by Crippen LogP contribution is -2.37. The van der Waals surface area contributed by atoms with E-state index >= 15 is 0 Å². The maximum atomic E-state index is 13.5. The van der Waals surface area contributed by atoms with Gasteiger partial charge in [0.25, 0.3) is 0 Å². The Morgan fingerprint density at radius 1 is 0.980 bits per heavy atom. The minimum atomic E-state index is -1.46. The number of aliphatic hydroxyl groups is 1. The first-order valence-electron chi connectivity index (χ1n) is 16.4. The lowest BCUT2D eigenvalue weighted by molar-refractivity contribution is -0.152. The van der Waals surface area contributed by atoms with Crippen LogP contribution >= 0.6 is 0 Å². The summed E-state index contributed by atoms with van der Waals surface area (Å²) < 4.78 is 46.0. The van der Waals surface area contributed by atoms with Crippen molar-refractivity contribution in [1.29, 1.82) is 0 Å². The van der Waals surface area contributed by atoms with Crippen LogP contribution in [0.5, 0.6) is 11.5 Å². The summed E-state index contributed by atoms with van der Waals surface area (Å²) in [6, 6.07) is 12.8. The molecule has 3 rings (SSSR count). The van der Waals surface area contributed by atoms with E-state index < -0.39 is 50.2 Å². The quantitative estimate of drug-likeness (QED) is 0.0735. The molecular formula is C37H52O11Si. The zero-order valence-electron chi connectivity index (χ0n) is 29.9. The predicted octanol–water partition coefficient (Wildman–Crippen LogP) is 6.62. The molecule has 270 valence electrons. The number of rotatable bonds is 19. The summed E-state index contributed by atoms with van der Waals surface area (Å²) >= 11 is 0. The van der Waals surface area contributed by atoms with Gasteiger partial charge in [-0.1, -0.05) is 56.1 Å². The molecule has 0 aromatic heterocycles. The van der Waals surface area contributed by atoms with E-state index in [9.17, 15) is 14.7 Å². The number of carbonyl (C=O) groups excluding carboxylic acids is 2. The summed E-state index contributed by atoms with van der Waals surface area (Å²) in [6.45, 7) is 12.1. The van der Waals surface area contributed by atoms with E-state index in [0.717, 1.165) is 6.04 Å². The summed E-state index contributed by atoms with van der Waals surface area (Å²) in [6.07, 6.45) is 5.21. The Bertz CT molecular complexity index is 1400. The number of aliphatic hydroxyl groups excluding tert-OH is 1. The van der Waals surface area contributed by atoms with Crippen molar-refractivity contribution in [2.24, 2.45) is 0 Å². The fraction of sp³-hybridized carbons (Fsp3) is 0.514. The molecule has 1 N–H and O–H groups in total. The molecular weight excluding hydrogens is 648 g/mol. The maximum absolute atomic E-state index is 13.5. The molecule has 3 unspecified atom stereocenters. The third-order valence-corrected chi connectivity index (χ3v) is 9.04. The minimum absolute atomic E-state index is 0.0114. The van der Waals surface area contributed by atoms with Crippen molar-refractivity contribution in [2.45, 2.75) is 89.5 Å². The van der Waals surface area contributed by atoms with Crippen LogP contribution in [0.15, 0.2) is 60.7 Å². The van der Waals surface area contributed by atoms with E-state index in [1.54, 1.807) is 75.4 Å². The van der Waals surface area contributed by atoms with Crippen LogP contribution in [0.2, 0.25) is 25.7 Å². The van der Waals surface area contributed by atoms with Gasteiger partial charge >= 0.3 is 11.9 Å². The van der Waals surface area contributed by atoms with Crippen molar-refractivity contribution in [3.63, 3.8) is 0 Å². The van der Waals surface area contributed by atoms with Crippen LogP contribution in [-0.4, -0.2) is 89.7 Å². The van der Waals surface area contributed by atoms with Gasteiger partial charge in [-0.25, -0.2) is 9.59 Å². The Morgan fingerprint density at radius 3 is 2.33 bits per heavy atom. The molecule has 2 aromatic rings. The third kappa shape index (κ3) is 13.4. The van der Waals surface area contributed by atoms with E-state index in [2.05, 4.69) is 19.6 Å². The highest BCUT2D eigenvalue weighted by Gasteiger charge is 2.45. The lowest BCUT2D eigenvalue weighted by Gasteiger charge is -2.24. The van der Waals surface area contributed by atoms with Gasteiger partial charge in [0.1, 0.15) is 29.3 Å². The lowest BCUT2D eigenvalue weighted by atomic mass is 10.0. The van der Waals surface area contributed by atoms with Crippen molar-refractivity contribution in [1.82, 2.24) is 0 Å². The first-order chi connectivity index (χ1) is 23.2. The first-order valence-corrected chi connectivity index (χ1v) is 20.1. The molecule has 2 aromatic carbocycles.